The van der Waals surface area contributed by atoms with Gasteiger partial charge in [0.2, 0.25) is 5.91 Å². The van der Waals surface area contributed by atoms with Crippen LogP contribution >= 0.6 is 0 Å². The summed E-state index contributed by atoms with van der Waals surface area (Å²) in [5.74, 6) is 0.693. The van der Waals surface area contributed by atoms with E-state index in [1.165, 1.54) is 6.07 Å². The van der Waals surface area contributed by atoms with E-state index in [4.69, 9.17) is 9.47 Å². The van der Waals surface area contributed by atoms with Gasteiger partial charge in [0.25, 0.3) is 5.56 Å². The second-order valence-corrected chi connectivity index (χ2v) is 5.80. The molecule has 2 aliphatic rings. The number of morpholine rings is 1. The highest BCUT2D eigenvalue weighted by atomic mass is 16.5. The molecular weight excluding hydrogens is 286 g/mol. The monoisotopic (exact) mass is 307 g/mol. The van der Waals surface area contributed by atoms with E-state index in [1.807, 2.05) is 4.90 Å². The van der Waals surface area contributed by atoms with Crippen LogP contribution in [0.15, 0.2) is 10.9 Å². The molecule has 3 heterocycles. The lowest BCUT2D eigenvalue weighted by molar-refractivity contribution is -0.146. The normalized spacial score (nSPS) is 23.5. The molecule has 0 aromatic carbocycles. The van der Waals surface area contributed by atoms with Gasteiger partial charge in [-0.3, -0.25) is 9.59 Å². The topological polar surface area (TPSA) is 84.5 Å². The number of aryl methyl sites for hydroxylation is 1. The maximum atomic E-state index is 12.6. The van der Waals surface area contributed by atoms with E-state index in [9.17, 15) is 9.59 Å². The summed E-state index contributed by atoms with van der Waals surface area (Å²) in [4.78, 5) is 33.0. The molecule has 2 fully saturated rings. The Morgan fingerprint density at radius 1 is 1.36 bits per heavy atom. The van der Waals surface area contributed by atoms with Crippen molar-refractivity contribution in [1.82, 2.24) is 14.9 Å². The van der Waals surface area contributed by atoms with Gasteiger partial charge in [-0.15, -0.1) is 0 Å². The maximum absolute atomic E-state index is 12.6. The predicted molar refractivity (Wildman–Crippen MR) is 78.4 cm³/mol. The Morgan fingerprint density at radius 3 is 2.86 bits per heavy atom. The molecule has 0 saturated carbocycles. The van der Waals surface area contributed by atoms with E-state index < -0.39 is 0 Å². The van der Waals surface area contributed by atoms with E-state index in [1.54, 1.807) is 6.92 Å². The summed E-state index contributed by atoms with van der Waals surface area (Å²) >= 11 is 0. The zero-order chi connectivity index (χ0) is 15.5. The van der Waals surface area contributed by atoms with Crippen LogP contribution in [-0.2, 0) is 14.3 Å². The number of aromatic amines is 1. The largest absolute Gasteiger partial charge is 0.381 e. The quantitative estimate of drug-likeness (QED) is 0.855. The molecule has 1 aromatic rings. The Bertz CT molecular complexity index is 595. The van der Waals surface area contributed by atoms with Crippen LogP contribution < -0.4 is 5.56 Å². The molecule has 2 aliphatic heterocycles. The SMILES string of the molecule is Cc1cc(=O)[nH]c([C@H]2CN(C(=O)C3CCOCC3)CCO2)n1. The van der Waals surface area contributed by atoms with E-state index in [2.05, 4.69) is 9.97 Å². The Morgan fingerprint density at radius 2 is 2.14 bits per heavy atom. The molecule has 1 N–H and O–H groups in total. The number of hydrogen-bond donors (Lipinski definition) is 1. The Labute approximate surface area is 128 Å². The first-order valence-electron chi connectivity index (χ1n) is 7.69. The first kappa shape index (κ1) is 15.2. The zero-order valence-corrected chi connectivity index (χ0v) is 12.7. The number of aromatic nitrogens is 2. The minimum absolute atomic E-state index is 0.0389. The van der Waals surface area contributed by atoms with Gasteiger partial charge in [-0.2, -0.15) is 0 Å². The standard InChI is InChI=1S/C15H21N3O4/c1-10-8-13(19)17-14(16-10)12-9-18(4-7-22-12)15(20)11-2-5-21-6-3-11/h8,11-12H,2-7,9H2,1H3,(H,16,17,19)/t12-/m1/s1. The third-order valence-corrected chi connectivity index (χ3v) is 4.14. The van der Waals surface area contributed by atoms with Crippen LogP contribution in [-0.4, -0.2) is 53.7 Å². The average Bonchev–Trinajstić information content (AvgIpc) is 2.54. The lowest BCUT2D eigenvalue weighted by Crippen LogP contribution is -2.46. The van der Waals surface area contributed by atoms with Crippen molar-refractivity contribution in [2.75, 3.05) is 32.9 Å². The van der Waals surface area contributed by atoms with Crippen LogP contribution in [0.4, 0.5) is 0 Å². The van der Waals surface area contributed by atoms with Crippen molar-refractivity contribution in [1.29, 1.82) is 0 Å². The van der Waals surface area contributed by atoms with Crippen LogP contribution in [0.1, 0.15) is 30.5 Å². The second kappa shape index (κ2) is 6.58. The molecule has 7 nitrogen and oxygen atoms in total. The number of ether oxygens (including phenoxy) is 2. The van der Waals surface area contributed by atoms with Crippen molar-refractivity contribution in [3.05, 3.63) is 27.9 Å². The highest BCUT2D eigenvalue weighted by Gasteiger charge is 2.31. The smallest absolute Gasteiger partial charge is 0.251 e. The van der Waals surface area contributed by atoms with Gasteiger partial charge in [0, 0.05) is 37.4 Å². The van der Waals surface area contributed by atoms with Crippen molar-refractivity contribution in [3.8, 4) is 0 Å². The number of rotatable bonds is 2. The van der Waals surface area contributed by atoms with Crippen molar-refractivity contribution < 1.29 is 14.3 Å². The van der Waals surface area contributed by atoms with Gasteiger partial charge >= 0.3 is 0 Å². The summed E-state index contributed by atoms with van der Waals surface area (Å²) in [6.07, 6.45) is 1.19. The lowest BCUT2D eigenvalue weighted by atomic mass is 9.98. The van der Waals surface area contributed by atoms with Crippen molar-refractivity contribution in [3.63, 3.8) is 0 Å². The number of amides is 1. The van der Waals surface area contributed by atoms with Crippen LogP contribution in [0.25, 0.3) is 0 Å². The molecule has 0 radical (unpaired) electrons. The number of H-pyrrole nitrogens is 1. The van der Waals surface area contributed by atoms with E-state index >= 15 is 0 Å². The van der Waals surface area contributed by atoms with E-state index in [0.717, 1.165) is 12.8 Å². The first-order valence-corrected chi connectivity index (χ1v) is 7.69. The van der Waals surface area contributed by atoms with Gasteiger partial charge in [-0.25, -0.2) is 4.98 Å². The molecule has 0 spiro atoms. The molecule has 2 saturated heterocycles. The zero-order valence-electron chi connectivity index (χ0n) is 12.7. The molecule has 0 unspecified atom stereocenters. The molecule has 1 aromatic heterocycles. The fourth-order valence-electron chi connectivity index (χ4n) is 2.97. The number of nitrogens with zero attached hydrogens (tertiary/aromatic N) is 2. The third kappa shape index (κ3) is 3.36. The summed E-state index contributed by atoms with van der Waals surface area (Å²) in [7, 11) is 0. The van der Waals surface area contributed by atoms with Crippen molar-refractivity contribution >= 4 is 5.91 Å². The molecule has 0 bridgehead atoms. The van der Waals surface area contributed by atoms with Gasteiger partial charge in [0.15, 0.2) is 0 Å². The van der Waals surface area contributed by atoms with Crippen molar-refractivity contribution in [2.24, 2.45) is 5.92 Å². The average molecular weight is 307 g/mol. The lowest BCUT2D eigenvalue weighted by Gasteiger charge is -2.35. The van der Waals surface area contributed by atoms with Crippen LogP contribution in [0, 0.1) is 12.8 Å². The molecule has 3 rings (SSSR count). The number of carbonyl (C=O) groups is 1. The fraction of sp³-hybridized carbons (Fsp3) is 0.667. The molecule has 7 heteroatoms. The molecule has 1 amide bonds. The van der Waals surface area contributed by atoms with Gasteiger partial charge in [-0.05, 0) is 19.8 Å². The fourth-order valence-corrected chi connectivity index (χ4v) is 2.97. The highest BCUT2D eigenvalue weighted by molar-refractivity contribution is 5.79. The third-order valence-electron chi connectivity index (χ3n) is 4.14. The second-order valence-electron chi connectivity index (χ2n) is 5.80. The summed E-state index contributed by atoms with van der Waals surface area (Å²) in [5, 5.41) is 0. The minimum atomic E-state index is -0.370. The summed E-state index contributed by atoms with van der Waals surface area (Å²) in [5.41, 5.74) is 0.453. The van der Waals surface area contributed by atoms with Gasteiger partial charge < -0.3 is 19.4 Å². The predicted octanol–water partition coefficient (Wildman–Crippen LogP) is 0.405. The number of carbonyl (C=O) groups excluding carboxylic acids is 1. The van der Waals surface area contributed by atoms with E-state index in [-0.39, 0.29) is 23.5 Å². The Balaban J connectivity index is 1.70. The van der Waals surface area contributed by atoms with Crippen molar-refractivity contribution in [2.45, 2.75) is 25.9 Å². The van der Waals surface area contributed by atoms with E-state index in [0.29, 0.717) is 44.4 Å². The Hall–Kier alpha value is -1.73. The molecule has 120 valence electrons. The summed E-state index contributed by atoms with van der Waals surface area (Å²) in [6.45, 7) is 4.54. The molecule has 0 aliphatic carbocycles. The first-order chi connectivity index (χ1) is 10.6. The molecule has 1 atom stereocenters. The summed E-state index contributed by atoms with van der Waals surface area (Å²) in [6, 6.07) is 1.44. The summed E-state index contributed by atoms with van der Waals surface area (Å²) < 4.78 is 11.0. The molecular formula is C15H21N3O4. The highest BCUT2D eigenvalue weighted by Crippen LogP contribution is 2.23. The maximum Gasteiger partial charge on any atom is 0.251 e. The molecule has 22 heavy (non-hydrogen) atoms. The number of nitrogens with one attached hydrogen (secondary N) is 1. The van der Waals surface area contributed by atoms with Gasteiger partial charge in [0.1, 0.15) is 11.9 Å². The van der Waals surface area contributed by atoms with Crippen LogP contribution in [0.5, 0.6) is 0 Å². The van der Waals surface area contributed by atoms with Crippen LogP contribution in [0.2, 0.25) is 0 Å². The number of hydrogen-bond acceptors (Lipinski definition) is 5. The Kier molecular flexibility index (Phi) is 4.54. The van der Waals surface area contributed by atoms with Gasteiger partial charge in [-0.1, -0.05) is 0 Å². The van der Waals surface area contributed by atoms with Gasteiger partial charge in [0.05, 0.1) is 13.2 Å². The van der Waals surface area contributed by atoms with Crippen LogP contribution in [0.3, 0.4) is 0 Å². The minimum Gasteiger partial charge on any atom is -0.381 e.